The van der Waals surface area contributed by atoms with Crippen molar-refractivity contribution in [3.63, 3.8) is 0 Å². The van der Waals surface area contributed by atoms with Crippen LogP contribution in [0.1, 0.15) is 49.1 Å². The lowest BCUT2D eigenvalue weighted by atomic mass is 9.85. The number of alkyl carbamates (subject to hydrolysis) is 1. The Balaban J connectivity index is 1.10. The number of fused-ring (bicyclic) bond motifs is 3. The molecule has 1 saturated carbocycles. The first-order valence-corrected chi connectivity index (χ1v) is 12.1. The Bertz CT molecular complexity index is 1050. The highest BCUT2D eigenvalue weighted by molar-refractivity contribution is 5.81. The third kappa shape index (κ3) is 4.39. The molecule has 1 heterocycles. The predicted molar refractivity (Wildman–Crippen MR) is 126 cm³/mol. The van der Waals surface area contributed by atoms with Crippen LogP contribution in [0.15, 0.2) is 48.5 Å². The van der Waals surface area contributed by atoms with Gasteiger partial charge in [0.2, 0.25) is 5.91 Å². The number of benzene rings is 2. The highest BCUT2D eigenvalue weighted by Crippen LogP contribution is 2.44. The molecule has 2 aliphatic carbocycles. The molecule has 178 valence electrons. The van der Waals surface area contributed by atoms with Gasteiger partial charge in [-0.05, 0) is 54.4 Å². The first-order chi connectivity index (χ1) is 16.5. The molecular formula is C27H30N2O5. The number of carboxylic acid groups (broad SMARTS) is 1. The Labute approximate surface area is 199 Å². The topological polar surface area (TPSA) is 95.9 Å². The lowest BCUT2D eigenvalue weighted by Gasteiger charge is -2.30. The number of carbonyl (C=O) groups is 3. The molecule has 5 rings (SSSR count). The Morgan fingerprint density at radius 3 is 2.09 bits per heavy atom. The quantitative estimate of drug-likeness (QED) is 0.700. The van der Waals surface area contributed by atoms with Gasteiger partial charge < -0.3 is 20.1 Å². The maximum absolute atomic E-state index is 12.8. The third-order valence-electron chi connectivity index (χ3n) is 7.59. The summed E-state index contributed by atoms with van der Waals surface area (Å²) in [7, 11) is 0. The van der Waals surface area contributed by atoms with Gasteiger partial charge in [-0.3, -0.25) is 9.59 Å². The van der Waals surface area contributed by atoms with Gasteiger partial charge in [0.1, 0.15) is 6.61 Å². The molecule has 7 nitrogen and oxygen atoms in total. The van der Waals surface area contributed by atoms with Crippen LogP contribution in [0.2, 0.25) is 0 Å². The van der Waals surface area contributed by atoms with Gasteiger partial charge in [0.05, 0.1) is 5.92 Å². The van der Waals surface area contributed by atoms with Crippen molar-refractivity contribution < 1.29 is 24.2 Å². The van der Waals surface area contributed by atoms with E-state index in [0.29, 0.717) is 32.4 Å². The average Bonchev–Trinajstić information content (AvgIpc) is 3.47. The molecule has 2 aromatic rings. The van der Waals surface area contributed by atoms with Gasteiger partial charge in [-0.15, -0.1) is 0 Å². The molecule has 3 aliphatic rings. The van der Waals surface area contributed by atoms with E-state index in [2.05, 4.69) is 29.6 Å². The molecule has 0 radical (unpaired) electrons. The van der Waals surface area contributed by atoms with E-state index in [9.17, 15) is 14.4 Å². The van der Waals surface area contributed by atoms with Crippen molar-refractivity contribution in [2.24, 2.45) is 11.8 Å². The van der Waals surface area contributed by atoms with E-state index in [0.717, 1.165) is 12.8 Å². The lowest BCUT2D eigenvalue weighted by molar-refractivity contribution is -0.141. The number of likely N-dealkylation sites (tertiary alicyclic amines) is 1. The summed E-state index contributed by atoms with van der Waals surface area (Å²) in [6, 6.07) is 16.5. The molecule has 1 aliphatic heterocycles. The number of carboxylic acids is 1. The van der Waals surface area contributed by atoms with Gasteiger partial charge in [-0.25, -0.2) is 4.79 Å². The highest BCUT2D eigenvalue weighted by Gasteiger charge is 2.36. The fourth-order valence-electron chi connectivity index (χ4n) is 5.71. The summed E-state index contributed by atoms with van der Waals surface area (Å²) >= 11 is 0. The van der Waals surface area contributed by atoms with Gasteiger partial charge in [0.15, 0.2) is 0 Å². The summed E-state index contributed by atoms with van der Waals surface area (Å²) in [5, 5.41) is 12.1. The molecule has 1 unspecified atom stereocenters. The third-order valence-corrected chi connectivity index (χ3v) is 7.59. The van der Waals surface area contributed by atoms with Gasteiger partial charge in [-0.1, -0.05) is 48.5 Å². The van der Waals surface area contributed by atoms with Gasteiger partial charge in [0, 0.05) is 31.0 Å². The second-order valence-electron chi connectivity index (χ2n) is 9.63. The normalized spacial score (nSPS) is 23.8. The Kier molecular flexibility index (Phi) is 6.26. The first kappa shape index (κ1) is 22.4. The molecule has 1 saturated heterocycles. The van der Waals surface area contributed by atoms with E-state index in [-0.39, 0.29) is 30.4 Å². The summed E-state index contributed by atoms with van der Waals surface area (Å²) in [6.07, 6.45) is 2.94. The first-order valence-electron chi connectivity index (χ1n) is 12.1. The minimum atomic E-state index is -0.827. The number of nitrogens with one attached hydrogen (secondary N) is 1. The van der Waals surface area contributed by atoms with Crippen molar-refractivity contribution in [2.45, 2.75) is 44.1 Å². The zero-order valence-corrected chi connectivity index (χ0v) is 19.1. The zero-order chi connectivity index (χ0) is 23.7. The number of nitrogens with zero attached hydrogens (tertiary/aromatic N) is 1. The maximum atomic E-state index is 12.8. The van der Waals surface area contributed by atoms with Crippen molar-refractivity contribution >= 4 is 18.0 Å². The smallest absolute Gasteiger partial charge is 0.407 e. The van der Waals surface area contributed by atoms with Crippen LogP contribution in [0.5, 0.6) is 0 Å². The second-order valence-corrected chi connectivity index (χ2v) is 9.63. The van der Waals surface area contributed by atoms with Gasteiger partial charge >= 0.3 is 12.1 Å². The van der Waals surface area contributed by atoms with Gasteiger partial charge in [-0.2, -0.15) is 0 Å². The molecule has 7 heteroatoms. The van der Waals surface area contributed by atoms with E-state index < -0.39 is 18.0 Å². The molecule has 1 atom stereocenters. The largest absolute Gasteiger partial charge is 0.481 e. The van der Waals surface area contributed by atoms with Crippen molar-refractivity contribution in [2.75, 3.05) is 19.7 Å². The van der Waals surface area contributed by atoms with Crippen molar-refractivity contribution in [3.05, 3.63) is 59.7 Å². The van der Waals surface area contributed by atoms with Crippen LogP contribution in [-0.2, 0) is 14.3 Å². The lowest BCUT2D eigenvalue weighted by Crippen LogP contribution is -2.42. The number of ether oxygens (including phenoxy) is 1. The summed E-state index contributed by atoms with van der Waals surface area (Å²) in [4.78, 5) is 38.2. The molecular weight excluding hydrogens is 432 g/mol. The summed E-state index contributed by atoms with van der Waals surface area (Å²) in [6.45, 7) is 1.12. The minimum Gasteiger partial charge on any atom is -0.481 e. The monoisotopic (exact) mass is 462 g/mol. The SMILES string of the molecule is O=C(NC1CCC(C(=O)N2CCC(C(=O)O)C2)CC1)OCC1c2ccccc2-c2ccccc21. The fraction of sp³-hybridized carbons (Fsp3) is 0.444. The van der Waals surface area contributed by atoms with Gasteiger partial charge in [0.25, 0.3) is 0 Å². The van der Waals surface area contributed by atoms with Crippen LogP contribution in [0.4, 0.5) is 4.79 Å². The van der Waals surface area contributed by atoms with E-state index >= 15 is 0 Å². The van der Waals surface area contributed by atoms with Crippen molar-refractivity contribution in [1.29, 1.82) is 0 Å². The molecule has 2 amide bonds. The van der Waals surface area contributed by atoms with E-state index in [1.54, 1.807) is 4.90 Å². The molecule has 2 N–H and O–H groups in total. The molecule has 2 aromatic carbocycles. The fourth-order valence-corrected chi connectivity index (χ4v) is 5.71. The number of hydrogen-bond donors (Lipinski definition) is 2. The van der Waals surface area contributed by atoms with Crippen molar-refractivity contribution in [1.82, 2.24) is 10.2 Å². The molecule has 0 spiro atoms. The molecule has 0 bridgehead atoms. The van der Waals surface area contributed by atoms with Crippen LogP contribution >= 0.6 is 0 Å². The zero-order valence-electron chi connectivity index (χ0n) is 19.1. The van der Waals surface area contributed by atoms with Crippen LogP contribution in [-0.4, -0.2) is 53.7 Å². The minimum absolute atomic E-state index is 0.00922. The number of carbonyl (C=O) groups excluding carboxylic acids is 2. The average molecular weight is 463 g/mol. The van der Waals surface area contributed by atoms with E-state index in [4.69, 9.17) is 9.84 Å². The van der Waals surface area contributed by atoms with Crippen LogP contribution in [0, 0.1) is 11.8 Å². The second kappa shape index (κ2) is 9.49. The van der Waals surface area contributed by atoms with E-state index in [1.807, 2.05) is 24.3 Å². The van der Waals surface area contributed by atoms with Crippen LogP contribution in [0.25, 0.3) is 11.1 Å². The number of rotatable bonds is 5. The number of aliphatic carboxylic acids is 1. The Morgan fingerprint density at radius 1 is 0.882 bits per heavy atom. The molecule has 2 fully saturated rings. The van der Waals surface area contributed by atoms with Crippen molar-refractivity contribution in [3.8, 4) is 11.1 Å². The van der Waals surface area contributed by atoms with Crippen LogP contribution < -0.4 is 5.32 Å². The number of hydrogen-bond acceptors (Lipinski definition) is 4. The molecule has 0 aromatic heterocycles. The standard InChI is InChI=1S/C27H30N2O5/c30-25(29-14-13-18(15-29)26(31)32)17-9-11-19(12-10-17)28-27(33)34-16-24-22-7-3-1-5-20(22)21-6-2-4-8-23(21)24/h1-8,17-19,24H,9-16H2,(H,28,33)(H,31,32). The molecule has 34 heavy (non-hydrogen) atoms. The summed E-state index contributed by atoms with van der Waals surface area (Å²) in [5.41, 5.74) is 4.76. The van der Waals surface area contributed by atoms with E-state index in [1.165, 1.54) is 22.3 Å². The maximum Gasteiger partial charge on any atom is 0.407 e. The summed E-state index contributed by atoms with van der Waals surface area (Å²) < 4.78 is 5.65. The Hall–Kier alpha value is -3.35. The number of amides is 2. The van der Waals surface area contributed by atoms with Crippen LogP contribution in [0.3, 0.4) is 0 Å². The Morgan fingerprint density at radius 2 is 1.50 bits per heavy atom. The summed E-state index contributed by atoms with van der Waals surface area (Å²) in [5.74, 6) is -1.28. The highest BCUT2D eigenvalue weighted by atomic mass is 16.5. The predicted octanol–water partition coefficient (Wildman–Crippen LogP) is 4.02.